The Morgan fingerprint density at radius 1 is 0.955 bits per heavy atom. The first kappa shape index (κ1) is 15.6. The van der Waals surface area contributed by atoms with Crippen LogP contribution in [0.2, 0.25) is 0 Å². The lowest BCUT2D eigenvalue weighted by molar-refractivity contribution is 0.218. The molecule has 22 heavy (non-hydrogen) atoms. The van der Waals surface area contributed by atoms with Crippen LogP contribution in [0.1, 0.15) is 57.1 Å². The summed E-state index contributed by atoms with van der Waals surface area (Å²) in [6.07, 6.45) is 7.70. The van der Waals surface area contributed by atoms with Crippen molar-refractivity contribution in [1.29, 1.82) is 0 Å². The Labute approximate surface area is 131 Å². The Hall–Kier alpha value is -1.25. The summed E-state index contributed by atoms with van der Waals surface area (Å²) in [4.78, 5) is 4.46. The minimum absolute atomic E-state index is 0.472. The predicted octanol–water partition coefficient (Wildman–Crippen LogP) is 5.36. The first-order valence-corrected chi connectivity index (χ1v) is 8.61. The highest BCUT2D eigenvalue weighted by molar-refractivity contribution is 5.25. The summed E-state index contributed by atoms with van der Waals surface area (Å²) in [5.74, 6) is 0.472. The van der Waals surface area contributed by atoms with Crippen LogP contribution >= 0.6 is 0 Å². The van der Waals surface area contributed by atoms with E-state index in [9.17, 15) is 8.78 Å². The second-order valence-corrected chi connectivity index (χ2v) is 6.75. The van der Waals surface area contributed by atoms with Crippen molar-refractivity contribution in [2.75, 3.05) is 0 Å². The highest BCUT2D eigenvalue weighted by Gasteiger charge is 2.27. The van der Waals surface area contributed by atoms with E-state index in [2.05, 4.69) is 11.1 Å². The molecule has 0 N–H and O–H groups in total. The van der Waals surface area contributed by atoms with E-state index >= 15 is 0 Å². The van der Waals surface area contributed by atoms with E-state index in [-0.39, 0.29) is 0 Å². The first-order valence-electron chi connectivity index (χ1n) is 8.61. The molecule has 120 valence electrons. The summed E-state index contributed by atoms with van der Waals surface area (Å²) in [5.41, 5.74) is 3.95. The lowest BCUT2D eigenvalue weighted by atomic mass is 9.76. The van der Waals surface area contributed by atoms with Crippen molar-refractivity contribution in [2.24, 2.45) is 5.92 Å². The van der Waals surface area contributed by atoms with Crippen LogP contribution in [0.25, 0.3) is 0 Å². The average molecular weight is 305 g/mol. The van der Waals surface area contributed by atoms with Gasteiger partial charge in [0.05, 0.1) is 0 Å². The molecule has 1 aromatic heterocycles. The van der Waals surface area contributed by atoms with Gasteiger partial charge in [-0.25, -0.2) is 8.78 Å². The van der Waals surface area contributed by atoms with E-state index in [4.69, 9.17) is 0 Å². The maximum Gasteiger partial charge on any atom is 0.101 e. The number of aromatic nitrogens is 1. The molecule has 3 heteroatoms. The van der Waals surface area contributed by atoms with Gasteiger partial charge >= 0.3 is 0 Å². The maximum absolute atomic E-state index is 13.5. The lowest BCUT2D eigenvalue weighted by Gasteiger charge is -2.31. The molecule has 0 saturated heterocycles. The molecule has 0 radical (unpaired) electrons. The Morgan fingerprint density at radius 3 is 2.27 bits per heavy atom. The predicted molar refractivity (Wildman–Crippen MR) is 85.2 cm³/mol. The Kier molecular flexibility index (Phi) is 5.22. The standard InChI is InChI=1S/C19H25F2N/c20-16-8-4-14(5-9-16)19(13-18-3-1-2-12-22-18)15-6-10-17(21)11-7-15/h1-3,12,14,16-17H,4-11,13H2. The molecule has 3 rings (SSSR count). The first-order chi connectivity index (χ1) is 10.7. The van der Waals surface area contributed by atoms with Gasteiger partial charge in [-0.2, -0.15) is 0 Å². The smallest absolute Gasteiger partial charge is 0.101 e. The molecular formula is C19H25F2N. The molecule has 0 amide bonds. The van der Waals surface area contributed by atoms with Crippen LogP contribution in [0, 0.1) is 5.92 Å². The van der Waals surface area contributed by atoms with Gasteiger partial charge in [0, 0.05) is 18.3 Å². The van der Waals surface area contributed by atoms with E-state index in [1.165, 1.54) is 11.1 Å². The van der Waals surface area contributed by atoms with Gasteiger partial charge < -0.3 is 0 Å². The number of nitrogens with zero attached hydrogens (tertiary/aromatic N) is 1. The molecule has 0 aliphatic heterocycles. The molecule has 2 aliphatic carbocycles. The number of hydrogen-bond acceptors (Lipinski definition) is 1. The third kappa shape index (κ3) is 3.93. The monoisotopic (exact) mass is 305 g/mol. The van der Waals surface area contributed by atoms with Gasteiger partial charge in [-0.1, -0.05) is 17.2 Å². The van der Waals surface area contributed by atoms with Gasteiger partial charge in [0.1, 0.15) is 12.3 Å². The molecule has 0 atom stereocenters. The van der Waals surface area contributed by atoms with Crippen LogP contribution in [0.15, 0.2) is 35.5 Å². The zero-order chi connectivity index (χ0) is 15.4. The van der Waals surface area contributed by atoms with Crippen LogP contribution in [0.5, 0.6) is 0 Å². The van der Waals surface area contributed by atoms with E-state index < -0.39 is 12.3 Å². The Balaban J connectivity index is 1.80. The normalized spacial score (nSPS) is 29.4. The van der Waals surface area contributed by atoms with Crippen molar-refractivity contribution in [3.05, 3.63) is 41.2 Å². The zero-order valence-electron chi connectivity index (χ0n) is 13.1. The molecule has 2 aliphatic rings. The number of halogens is 2. The van der Waals surface area contributed by atoms with Crippen molar-refractivity contribution >= 4 is 0 Å². The number of hydrogen-bond donors (Lipinski definition) is 0. The van der Waals surface area contributed by atoms with E-state index in [1.807, 2.05) is 18.3 Å². The Bertz CT molecular complexity index is 493. The average Bonchev–Trinajstić information content (AvgIpc) is 2.56. The summed E-state index contributed by atoms with van der Waals surface area (Å²) in [6.45, 7) is 0. The highest BCUT2D eigenvalue weighted by atomic mass is 19.1. The third-order valence-corrected chi connectivity index (χ3v) is 5.22. The number of rotatable bonds is 3. The van der Waals surface area contributed by atoms with Crippen molar-refractivity contribution in [3.63, 3.8) is 0 Å². The summed E-state index contributed by atoms with van der Waals surface area (Å²) in [7, 11) is 0. The maximum atomic E-state index is 13.5. The van der Waals surface area contributed by atoms with Crippen LogP contribution in [-0.2, 0) is 6.42 Å². The SMILES string of the molecule is FC1CCC(=C(Cc2ccccn2)C2CCC(F)CC2)CC1. The van der Waals surface area contributed by atoms with Crippen LogP contribution in [-0.4, -0.2) is 17.3 Å². The summed E-state index contributed by atoms with van der Waals surface area (Å²) in [5, 5.41) is 0. The fraction of sp³-hybridized carbons (Fsp3) is 0.632. The fourth-order valence-corrected chi connectivity index (χ4v) is 3.91. The van der Waals surface area contributed by atoms with Crippen LogP contribution in [0.3, 0.4) is 0 Å². The van der Waals surface area contributed by atoms with Crippen molar-refractivity contribution in [1.82, 2.24) is 4.98 Å². The summed E-state index contributed by atoms with van der Waals surface area (Å²) >= 11 is 0. The second-order valence-electron chi connectivity index (χ2n) is 6.75. The Morgan fingerprint density at radius 2 is 1.64 bits per heavy atom. The fourth-order valence-electron chi connectivity index (χ4n) is 3.91. The summed E-state index contributed by atoms with van der Waals surface area (Å²) in [6, 6.07) is 6.00. The zero-order valence-corrected chi connectivity index (χ0v) is 13.1. The van der Waals surface area contributed by atoms with Crippen molar-refractivity contribution in [3.8, 4) is 0 Å². The van der Waals surface area contributed by atoms with Crippen molar-refractivity contribution in [2.45, 2.75) is 70.1 Å². The van der Waals surface area contributed by atoms with Gasteiger partial charge in [0.15, 0.2) is 0 Å². The topological polar surface area (TPSA) is 12.9 Å². The van der Waals surface area contributed by atoms with Crippen molar-refractivity contribution < 1.29 is 8.78 Å². The molecule has 1 heterocycles. The van der Waals surface area contributed by atoms with E-state index in [1.54, 1.807) is 0 Å². The van der Waals surface area contributed by atoms with E-state index in [0.29, 0.717) is 31.6 Å². The molecule has 0 spiro atoms. The molecular weight excluding hydrogens is 280 g/mol. The number of pyridine rings is 1. The van der Waals surface area contributed by atoms with Gasteiger partial charge in [-0.05, 0) is 69.4 Å². The summed E-state index contributed by atoms with van der Waals surface area (Å²) < 4.78 is 26.9. The number of allylic oxidation sites excluding steroid dienone is 2. The molecule has 1 aromatic rings. The van der Waals surface area contributed by atoms with Gasteiger partial charge in [0.25, 0.3) is 0 Å². The molecule has 1 nitrogen and oxygen atoms in total. The van der Waals surface area contributed by atoms with E-state index in [0.717, 1.165) is 37.8 Å². The quantitative estimate of drug-likeness (QED) is 0.685. The molecule has 0 unspecified atom stereocenters. The van der Waals surface area contributed by atoms with Gasteiger partial charge in [-0.3, -0.25) is 4.98 Å². The third-order valence-electron chi connectivity index (χ3n) is 5.22. The lowest BCUT2D eigenvalue weighted by Crippen LogP contribution is -2.21. The highest BCUT2D eigenvalue weighted by Crippen LogP contribution is 2.38. The van der Waals surface area contributed by atoms with Crippen LogP contribution < -0.4 is 0 Å². The number of alkyl halides is 2. The molecule has 2 saturated carbocycles. The molecule has 2 fully saturated rings. The minimum Gasteiger partial charge on any atom is -0.261 e. The minimum atomic E-state index is -0.638. The van der Waals surface area contributed by atoms with Crippen LogP contribution in [0.4, 0.5) is 8.78 Å². The molecule has 0 bridgehead atoms. The van der Waals surface area contributed by atoms with Gasteiger partial charge in [-0.15, -0.1) is 0 Å². The molecule has 0 aromatic carbocycles. The largest absolute Gasteiger partial charge is 0.261 e. The van der Waals surface area contributed by atoms with Gasteiger partial charge in [0.2, 0.25) is 0 Å². The second kappa shape index (κ2) is 7.34.